The van der Waals surface area contributed by atoms with Crippen molar-refractivity contribution >= 4 is 11.7 Å². The zero-order valence-corrected chi connectivity index (χ0v) is 18.4. The number of urea groups is 1. The summed E-state index contributed by atoms with van der Waals surface area (Å²) in [4.78, 5) is 12.9. The largest absolute Gasteiger partial charge is 0.337 e. The van der Waals surface area contributed by atoms with Gasteiger partial charge in [0.25, 0.3) is 0 Å². The molecule has 3 saturated carbocycles. The quantitative estimate of drug-likeness (QED) is 0.582. The number of fused-ring (bicyclic) bond motifs is 2. The monoisotopic (exact) mass is 395 g/mol. The first-order valence-corrected chi connectivity index (χ1v) is 11.7. The van der Waals surface area contributed by atoms with Crippen molar-refractivity contribution in [1.29, 1.82) is 0 Å². The van der Waals surface area contributed by atoms with E-state index in [-0.39, 0.29) is 11.9 Å². The zero-order chi connectivity index (χ0) is 20.4. The van der Waals surface area contributed by atoms with Crippen molar-refractivity contribution in [2.24, 2.45) is 28.3 Å². The van der Waals surface area contributed by atoms with E-state index in [1.807, 2.05) is 6.07 Å². The predicted molar refractivity (Wildman–Crippen MR) is 119 cm³/mol. The number of hydrogen-bond acceptors (Lipinski definition) is 2. The molecule has 1 heterocycles. The molecule has 0 radical (unpaired) electrons. The molecule has 2 bridgehead atoms. The maximum atomic E-state index is 12.9. The minimum absolute atomic E-state index is 0.0179. The second kappa shape index (κ2) is 8.49. The Hall–Kier alpha value is -1.84. The summed E-state index contributed by atoms with van der Waals surface area (Å²) in [5.74, 6) is 2.53. The van der Waals surface area contributed by atoms with E-state index in [4.69, 9.17) is 5.10 Å². The number of unbranched alkanes of at least 4 members (excludes halogenated alkanes) is 2. The fourth-order valence-corrected chi connectivity index (χ4v) is 5.95. The molecule has 0 spiro atoms. The van der Waals surface area contributed by atoms with Crippen LogP contribution in [0.5, 0.6) is 0 Å². The van der Waals surface area contributed by atoms with Gasteiger partial charge >= 0.3 is 6.03 Å². The topological polar surface area (TPSA) is 44.7 Å². The Morgan fingerprint density at radius 1 is 1.21 bits per heavy atom. The maximum absolute atomic E-state index is 12.9. The molecule has 4 heteroatoms. The van der Waals surface area contributed by atoms with Crippen LogP contribution < -0.4 is 5.32 Å². The van der Waals surface area contributed by atoms with Gasteiger partial charge in [-0.15, -0.1) is 0 Å². The van der Waals surface area contributed by atoms with E-state index in [1.54, 1.807) is 5.01 Å². The van der Waals surface area contributed by atoms with Crippen LogP contribution in [-0.2, 0) is 0 Å². The SMILES string of the molecule is CCCCCC1=NN(C(=O)NC[C@@H]2CCC3CC2C3(C)C)CC1c1ccccc1. The summed E-state index contributed by atoms with van der Waals surface area (Å²) < 4.78 is 0. The fourth-order valence-electron chi connectivity index (χ4n) is 5.95. The Bertz CT molecular complexity index is 740. The van der Waals surface area contributed by atoms with Crippen LogP contribution in [0.15, 0.2) is 35.4 Å². The summed E-state index contributed by atoms with van der Waals surface area (Å²) in [7, 11) is 0. The molecular formula is C25H37N3O. The van der Waals surface area contributed by atoms with E-state index in [9.17, 15) is 4.79 Å². The molecule has 4 nitrogen and oxygen atoms in total. The number of benzene rings is 1. The van der Waals surface area contributed by atoms with Crippen LogP contribution in [0.25, 0.3) is 0 Å². The van der Waals surface area contributed by atoms with E-state index in [1.165, 1.54) is 43.4 Å². The molecule has 0 saturated heterocycles. The molecule has 4 aliphatic rings. The Labute approximate surface area is 176 Å². The van der Waals surface area contributed by atoms with Crippen molar-refractivity contribution in [3.05, 3.63) is 35.9 Å². The highest BCUT2D eigenvalue weighted by atomic mass is 16.2. The number of hydrogen-bond donors (Lipinski definition) is 1. The summed E-state index contributed by atoms with van der Waals surface area (Å²) in [6.07, 6.45) is 8.49. The molecule has 0 aromatic heterocycles. The van der Waals surface area contributed by atoms with E-state index in [2.05, 4.69) is 50.4 Å². The lowest BCUT2D eigenvalue weighted by Crippen LogP contribution is -2.55. The highest BCUT2D eigenvalue weighted by molar-refractivity contribution is 5.94. The molecule has 158 valence electrons. The average Bonchev–Trinajstić information content (AvgIpc) is 3.17. The number of amides is 2. The standard InChI is InChI=1S/C25H37N3O/c1-4-5-7-12-23-21(18-10-8-6-9-11-18)17-28(27-23)24(29)26-16-19-13-14-20-15-22(19)25(20,2)3/h6,8-11,19-22H,4-5,7,12-17H2,1-3H3,(H,26,29)/t19-,20?,21?,22?/m0/s1. The molecule has 29 heavy (non-hydrogen) atoms. The van der Waals surface area contributed by atoms with Crippen molar-refractivity contribution in [1.82, 2.24) is 10.3 Å². The van der Waals surface area contributed by atoms with Crippen LogP contribution in [0, 0.1) is 23.2 Å². The minimum atomic E-state index is -0.0179. The number of rotatable bonds is 7. The first-order chi connectivity index (χ1) is 14.0. The van der Waals surface area contributed by atoms with Gasteiger partial charge in [0.15, 0.2) is 0 Å². The second-order valence-corrected chi connectivity index (χ2v) is 9.98. The summed E-state index contributed by atoms with van der Waals surface area (Å²) >= 11 is 0. The van der Waals surface area contributed by atoms with Gasteiger partial charge in [0.1, 0.15) is 0 Å². The Morgan fingerprint density at radius 2 is 2.00 bits per heavy atom. The number of carbonyl (C=O) groups excluding carboxylic acids is 1. The number of nitrogens with one attached hydrogen (secondary N) is 1. The number of nitrogens with zero attached hydrogens (tertiary/aromatic N) is 2. The van der Waals surface area contributed by atoms with Crippen molar-refractivity contribution in [3.8, 4) is 0 Å². The molecule has 3 unspecified atom stereocenters. The lowest BCUT2D eigenvalue weighted by atomic mass is 9.45. The molecular weight excluding hydrogens is 358 g/mol. The van der Waals surface area contributed by atoms with E-state index in [0.717, 1.165) is 31.2 Å². The highest BCUT2D eigenvalue weighted by Gasteiger charge is 2.54. The van der Waals surface area contributed by atoms with Gasteiger partial charge in [0, 0.05) is 18.2 Å². The van der Waals surface area contributed by atoms with Crippen LogP contribution in [0.2, 0.25) is 0 Å². The van der Waals surface area contributed by atoms with Crippen molar-refractivity contribution in [3.63, 3.8) is 0 Å². The zero-order valence-electron chi connectivity index (χ0n) is 18.4. The maximum Gasteiger partial charge on any atom is 0.337 e. The van der Waals surface area contributed by atoms with E-state index in [0.29, 0.717) is 17.9 Å². The van der Waals surface area contributed by atoms with Crippen LogP contribution in [0.3, 0.4) is 0 Å². The average molecular weight is 396 g/mol. The van der Waals surface area contributed by atoms with E-state index < -0.39 is 0 Å². The van der Waals surface area contributed by atoms with Gasteiger partial charge in [-0.2, -0.15) is 5.10 Å². The first kappa shape index (κ1) is 20.4. The third kappa shape index (κ3) is 4.08. The molecule has 1 aliphatic heterocycles. The van der Waals surface area contributed by atoms with Gasteiger partial charge in [-0.1, -0.05) is 63.9 Å². The Morgan fingerprint density at radius 3 is 2.69 bits per heavy atom. The van der Waals surface area contributed by atoms with Crippen LogP contribution in [-0.4, -0.2) is 29.8 Å². The predicted octanol–water partition coefficient (Wildman–Crippen LogP) is 5.80. The molecule has 3 fully saturated rings. The molecule has 5 rings (SSSR count). The summed E-state index contributed by atoms with van der Waals surface area (Å²) in [6.45, 7) is 8.52. The van der Waals surface area contributed by atoms with Crippen molar-refractivity contribution in [2.45, 2.75) is 71.6 Å². The molecule has 1 N–H and O–H groups in total. The minimum Gasteiger partial charge on any atom is -0.336 e. The smallest absolute Gasteiger partial charge is 0.336 e. The van der Waals surface area contributed by atoms with Gasteiger partial charge in [0.2, 0.25) is 0 Å². The third-order valence-corrected chi connectivity index (χ3v) is 8.00. The number of carbonyl (C=O) groups is 1. The molecule has 3 aliphatic carbocycles. The highest BCUT2D eigenvalue weighted by Crippen LogP contribution is 2.61. The van der Waals surface area contributed by atoms with Crippen LogP contribution in [0.4, 0.5) is 4.79 Å². The van der Waals surface area contributed by atoms with E-state index >= 15 is 0 Å². The number of hydrazone groups is 1. The molecule has 4 atom stereocenters. The van der Waals surface area contributed by atoms with Gasteiger partial charge in [-0.25, -0.2) is 9.80 Å². The normalized spacial score (nSPS) is 29.9. The fraction of sp³-hybridized carbons (Fsp3) is 0.680. The van der Waals surface area contributed by atoms with Gasteiger partial charge < -0.3 is 5.32 Å². The van der Waals surface area contributed by atoms with Gasteiger partial charge in [0.05, 0.1) is 6.54 Å². The van der Waals surface area contributed by atoms with Crippen molar-refractivity contribution in [2.75, 3.05) is 13.1 Å². The lowest BCUT2D eigenvalue weighted by Gasteiger charge is -2.60. The van der Waals surface area contributed by atoms with Gasteiger partial charge in [-0.05, 0) is 60.8 Å². The second-order valence-electron chi connectivity index (χ2n) is 9.98. The van der Waals surface area contributed by atoms with Crippen molar-refractivity contribution < 1.29 is 4.79 Å². The summed E-state index contributed by atoms with van der Waals surface area (Å²) in [6, 6.07) is 10.5. The molecule has 1 aromatic carbocycles. The first-order valence-electron chi connectivity index (χ1n) is 11.7. The van der Waals surface area contributed by atoms with Gasteiger partial charge in [-0.3, -0.25) is 0 Å². The Kier molecular flexibility index (Phi) is 5.98. The lowest BCUT2D eigenvalue weighted by molar-refractivity contribution is -0.103. The summed E-state index contributed by atoms with van der Waals surface area (Å²) in [5.41, 5.74) is 2.90. The van der Waals surface area contributed by atoms with Crippen LogP contribution >= 0.6 is 0 Å². The Balaban J connectivity index is 1.37. The summed E-state index contributed by atoms with van der Waals surface area (Å²) in [5, 5.41) is 9.69. The third-order valence-electron chi connectivity index (χ3n) is 8.00. The van der Waals surface area contributed by atoms with Crippen LogP contribution in [0.1, 0.15) is 77.2 Å². The molecule has 1 aromatic rings. The molecule has 2 amide bonds.